The SMILES string of the molecule is C=C(CCl)CN1C(=O)C(=O)c2cc(OC)ccc21. The quantitative estimate of drug-likeness (QED) is 0.475. The number of Topliss-reactive ketones (excluding diaryl/α,β-unsaturated/α-hetero) is 1. The smallest absolute Gasteiger partial charge is 0.299 e. The van der Waals surface area contributed by atoms with Gasteiger partial charge in [0.2, 0.25) is 0 Å². The zero-order chi connectivity index (χ0) is 13.3. The van der Waals surface area contributed by atoms with Crippen LogP contribution in [-0.4, -0.2) is 31.2 Å². The normalized spacial score (nSPS) is 13.8. The first-order valence-electron chi connectivity index (χ1n) is 5.35. The predicted molar refractivity (Wildman–Crippen MR) is 69.5 cm³/mol. The first-order chi connectivity index (χ1) is 8.58. The number of rotatable bonds is 4. The Labute approximate surface area is 110 Å². The fourth-order valence-corrected chi connectivity index (χ4v) is 1.91. The highest BCUT2D eigenvalue weighted by molar-refractivity contribution is 6.52. The molecule has 1 aromatic rings. The molecule has 0 N–H and O–H groups in total. The number of nitrogens with zero attached hydrogens (tertiary/aromatic N) is 1. The molecule has 0 bridgehead atoms. The lowest BCUT2D eigenvalue weighted by Gasteiger charge is -2.17. The van der Waals surface area contributed by atoms with Gasteiger partial charge in [0.1, 0.15) is 5.75 Å². The number of ketones is 1. The molecule has 0 saturated heterocycles. The van der Waals surface area contributed by atoms with Gasteiger partial charge in [-0.25, -0.2) is 0 Å². The molecular weight excluding hydrogens is 254 g/mol. The van der Waals surface area contributed by atoms with Gasteiger partial charge < -0.3 is 9.64 Å². The van der Waals surface area contributed by atoms with Crippen LogP contribution in [0.1, 0.15) is 10.4 Å². The van der Waals surface area contributed by atoms with Crippen LogP contribution in [0.4, 0.5) is 5.69 Å². The Bertz CT molecular complexity index is 539. The summed E-state index contributed by atoms with van der Waals surface area (Å²) in [5, 5.41) is 0. The van der Waals surface area contributed by atoms with Crippen molar-refractivity contribution < 1.29 is 14.3 Å². The molecule has 1 amide bonds. The van der Waals surface area contributed by atoms with Crippen molar-refractivity contribution in [1.29, 1.82) is 0 Å². The average molecular weight is 266 g/mol. The van der Waals surface area contributed by atoms with E-state index in [1.807, 2.05) is 0 Å². The van der Waals surface area contributed by atoms with Gasteiger partial charge in [-0.05, 0) is 23.8 Å². The molecule has 2 rings (SSSR count). The third kappa shape index (κ3) is 1.99. The van der Waals surface area contributed by atoms with Crippen LogP contribution in [0.5, 0.6) is 5.75 Å². The first-order valence-corrected chi connectivity index (χ1v) is 5.88. The van der Waals surface area contributed by atoms with Crippen LogP contribution in [0.25, 0.3) is 0 Å². The number of benzene rings is 1. The summed E-state index contributed by atoms with van der Waals surface area (Å²) in [6, 6.07) is 4.97. The molecule has 5 heteroatoms. The van der Waals surface area contributed by atoms with E-state index in [0.29, 0.717) is 22.6 Å². The summed E-state index contributed by atoms with van der Waals surface area (Å²) in [6.45, 7) is 4.00. The second-order valence-corrected chi connectivity index (χ2v) is 4.25. The van der Waals surface area contributed by atoms with Crippen LogP contribution in [0, 0.1) is 0 Å². The van der Waals surface area contributed by atoms with Crippen LogP contribution in [0.3, 0.4) is 0 Å². The van der Waals surface area contributed by atoms with Gasteiger partial charge in [-0.15, -0.1) is 11.6 Å². The van der Waals surface area contributed by atoms with Gasteiger partial charge in [0.15, 0.2) is 0 Å². The number of alkyl halides is 1. The van der Waals surface area contributed by atoms with Gasteiger partial charge in [0.05, 0.1) is 18.4 Å². The second kappa shape index (κ2) is 4.82. The monoisotopic (exact) mass is 265 g/mol. The summed E-state index contributed by atoms with van der Waals surface area (Å²) in [4.78, 5) is 25.1. The van der Waals surface area contributed by atoms with Gasteiger partial charge in [-0.1, -0.05) is 6.58 Å². The van der Waals surface area contributed by atoms with E-state index in [9.17, 15) is 9.59 Å². The number of methoxy groups -OCH3 is 1. The Hall–Kier alpha value is -1.81. The number of anilines is 1. The molecule has 0 spiro atoms. The summed E-state index contributed by atoms with van der Waals surface area (Å²) < 4.78 is 5.04. The average Bonchev–Trinajstić information content (AvgIpc) is 2.63. The number of halogens is 1. The summed E-state index contributed by atoms with van der Waals surface area (Å²) in [6.07, 6.45) is 0. The Morgan fingerprint density at radius 3 is 2.78 bits per heavy atom. The Kier molecular flexibility index (Phi) is 3.39. The summed E-state index contributed by atoms with van der Waals surface area (Å²) in [7, 11) is 1.51. The van der Waals surface area contributed by atoms with Crippen molar-refractivity contribution >= 4 is 29.0 Å². The lowest BCUT2D eigenvalue weighted by molar-refractivity contribution is -0.114. The van der Waals surface area contributed by atoms with E-state index in [4.69, 9.17) is 16.3 Å². The Balaban J connectivity index is 2.40. The van der Waals surface area contributed by atoms with Crippen molar-refractivity contribution in [2.24, 2.45) is 0 Å². The molecule has 0 aromatic heterocycles. The van der Waals surface area contributed by atoms with Gasteiger partial charge in [-0.2, -0.15) is 0 Å². The van der Waals surface area contributed by atoms with Crippen LogP contribution in [0.2, 0.25) is 0 Å². The van der Waals surface area contributed by atoms with Gasteiger partial charge in [0, 0.05) is 12.4 Å². The van der Waals surface area contributed by atoms with Crippen LogP contribution in [0.15, 0.2) is 30.4 Å². The number of amides is 1. The topological polar surface area (TPSA) is 46.6 Å². The lowest BCUT2D eigenvalue weighted by atomic mass is 10.1. The number of fused-ring (bicyclic) bond motifs is 1. The fraction of sp³-hybridized carbons (Fsp3) is 0.231. The van der Waals surface area contributed by atoms with Gasteiger partial charge in [-0.3, -0.25) is 9.59 Å². The van der Waals surface area contributed by atoms with Crippen molar-refractivity contribution in [3.05, 3.63) is 35.9 Å². The standard InChI is InChI=1S/C13H12ClNO3/c1-8(6-14)7-15-11-4-3-9(18-2)5-10(11)12(16)13(15)17/h3-5H,1,6-7H2,2H3. The van der Waals surface area contributed by atoms with Gasteiger partial charge in [0.25, 0.3) is 11.7 Å². The summed E-state index contributed by atoms with van der Waals surface area (Å²) in [5.41, 5.74) is 1.63. The van der Waals surface area contributed by atoms with E-state index in [0.717, 1.165) is 0 Å². The van der Waals surface area contributed by atoms with Crippen LogP contribution in [-0.2, 0) is 4.79 Å². The number of ether oxygens (including phenoxy) is 1. The molecule has 18 heavy (non-hydrogen) atoms. The zero-order valence-corrected chi connectivity index (χ0v) is 10.7. The molecule has 0 saturated carbocycles. The van der Waals surface area contributed by atoms with Crippen molar-refractivity contribution in [2.45, 2.75) is 0 Å². The number of carbonyl (C=O) groups is 2. The van der Waals surface area contributed by atoms with E-state index < -0.39 is 11.7 Å². The molecular formula is C13H12ClNO3. The van der Waals surface area contributed by atoms with E-state index >= 15 is 0 Å². The summed E-state index contributed by atoms with van der Waals surface area (Å²) >= 11 is 5.65. The minimum absolute atomic E-state index is 0.253. The van der Waals surface area contributed by atoms with Crippen molar-refractivity contribution in [1.82, 2.24) is 0 Å². The molecule has 0 unspecified atom stereocenters. The van der Waals surface area contributed by atoms with Gasteiger partial charge >= 0.3 is 0 Å². The van der Waals surface area contributed by atoms with Crippen molar-refractivity contribution in [2.75, 3.05) is 24.4 Å². The number of carbonyl (C=O) groups excluding carboxylic acids is 2. The highest BCUT2D eigenvalue weighted by atomic mass is 35.5. The summed E-state index contributed by atoms with van der Waals surface area (Å²) in [5.74, 6) is -0.271. The maximum atomic E-state index is 11.9. The molecule has 1 aromatic carbocycles. The molecule has 0 fully saturated rings. The number of hydrogen-bond acceptors (Lipinski definition) is 3. The second-order valence-electron chi connectivity index (χ2n) is 3.99. The minimum atomic E-state index is -0.551. The van der Waals surface area contributed by atoms with Crippen molar-refractivity contribution in [3.8, 4) is 5.75 Å². The van der Waals surface area contributed by atoms with E-state index in [2.05, 4.69) is 6.58 Å². The third-order valence-electron chi connectivity index (χ3n) is 2.75. The first kappa shape index (κ1) is 12.6. The Morgan fingerprint density at radius 1 is 1.44 bits per heavy atom. The third-order valence-corrected chi connectivity index (χ3v) is 3.13. The highest BCUT2D eigenvalue weighted by Crippen LogP contribution is 2.32. The van der Waals surface area contributed by atoms with E-state index in [1.54, 1.807) is 18.2 Å². The maximum absolute atomic E-state index is 11.9. The van der Waals surface area contributed by atoms with E-state index in [1.165, 1.54) is 12.0 Å². The molecule has 1 heterocycles. The van der Waals surface area contributed by atoms with Crippen LogP contribution >= 0.6 is 11.6 Å². The van der Waals surface area contributed by atoms with E-state index in [-0.39, 0.29) is 12.4 Å². The zero-order valence-electron chi connectivity index (χ0n) is 9.90. The van der Waals surface area contributed by atoms with Crippen molar-refractivity contribution in [3.63, 3.8) is 0 Å². The number of hydrogen-bond donors (Lipinski definition) is 0. The molecule has 0 atom stereocenters. The fourth-order valence-electron chi connectivity index (χ4n) is 1.83. The predicted octanol–water partition coefficient (Wildman–Crippen LogP) is 2.02. The molecule has 4 nitrogen and oxygen atoms in total. The minimum Gasteiger partial charge on any atom is -0.497 e. The maximum Gasteiger partial charge on any atom is 0.299 e. The molecule has 0 radical (unpaired) electrons. The molecule has 0 aliphatic carbocycles. The highest BCUT2D eigenvalue weighted by Gasteiger charge is 2.36. The largest absolute Gasteiger partial charge is 0.497 e. The van der Waals surface area contributed by atoms with Crippen LogP contribution < -0.4 is 9.64 Å². The molecule has 94 valence electrons. The Morgan fingerprint density at radius 2 is 2.17 bits per heavy atom. The molecule has 1 aliphatic rings. The molecule has 1 aliphatic heterocycles. The lowest BCUT2D eigenvalue weighted by Crippen LogP contribution is -2.31.